The van der Waals surface area contributed by atoms with E-state index in [1.54, 1.807) is 43.9 Å². The van der Waals surface area contributed by atoms with Gasteiger partial charge in [-0.1, -0.05) is 0 Å². The number of pyridine rings is 1. The lowest BCUT2D eigenvalue weighted by atomic mass is 10.3. The highest BCUT2D eigenvalue weighted by molar-refractivity contribution is 5.89. The number of aromatic nitrogens is 1. The molecule has 2 aliphatic rings. The van der Waals surface area contributed by atoms with Gasteiger partial charge in [-0.05, 0) is 25.1 Å². The van der Waals surface area contributed by atoms with Gasteiger partial charge in [-0.15, -0.1) is 0 Å². The Hall–Kier alpha value is -2.76. The van der Waals surface area contributed by atoms with Crippen LogP contribution in [0.2, 0.25) is 0 Å². The van der Waals surface area contributed by atoms with E-state index in [2.05, 4.69) is 15.0 Å². The lowest BCUT2D eigenvalue weighted by molar-refractivity contribution is 0.0526. The van der Waals surface area contributed by atoms with Gasteiger partial charge in [-0.3, -0.25) is 9.98 Å². The van der Waals surface area contributed by atoms with Crippen molar-refractivity contribution in [1.29, 1.82) is 0 Å². The van der Waals surface area contributed by atoms with Crippen LogP contribution in [0, 0.1) is 0 Å². The van der Waals surface area contributed by atoms with E-state index >= 15 is 0 Å². The predicted molar refractivity (Wildman–Crippen MR) is 81.1 cm³/mol. The van der Waals surface area contributed by atoms with Crippen molar-refractivity contribution in [3.63, 3.8) is 0 Å². The molecule has 3 rings (SSSR count). The minimum atomic E-state index is -0.296. The largest absolute Gasteiger partial charge is 0.462 e. The molecule has 3 heterocycles. The molecule has 6 heteroatoms. The quantitative estimate of drug-likeness (QED) is 0.779. The van der Waals surface area contributed by atoms with E-state index in [0.29, 0.717) is 12.2 Å². The van der Waals surface area contributed by atoms with Gasteiger partial charge in [0.25, 0.3) is 0 Å². The smallest absolute Gasteiger partial charge is 0.338 e. The number of hydrogen-bond acceptors (Lipinski definition) is 6. The van der Waals surface area contributed by atoms with Crippen LogP contribution >= 0.6 is 0 Å². The summed E-state index contributed by atoms with van der Waals surface area (Å²) in [5, 5.41) is 0. The summed E-state index contributed by atoms with van der Waals surface area (Å²) < 4.78 is 4.76. The second-order valence-electron chi connectivity index (χ2n) is 4.05. The average molecular weight is 284 g/mol. The topological polar surface area (TPSA) is 67.2 Å². The molecule has 1 aromatic rings. The minimum Gasteiger partial charge on any atom is -0.462 e. The molecule has 0 amide bonds. The number of aliphatic imine (C=N–C) groups is 2. The second-order valence-corrected chi connectivity index (χ2v) is 4.05. The van der Waals surface area contributed by atoms with Crippen LogP contribution in [-0.4, -0.2) is 41.4 Å². The highest BCUT2D eigenvalue weighted by atomic mass is 16.5. The van der Waals surface area contributed by atoms with Crippen molar-refractivity contribution >= 4 is 18.4 Å². The first kappa shape index (κ1) is 14.6. The van der Waals surface area contributed by atoms with Gasteiger partial charge < -0.3 is 9.64 Å². The Kier molecular flexibility index (Phi) is 5.40. The molecule has 108 valence electrons. The van der Waals surface area contributed by atoms with Gasteiger partial charge in [-0.2, -0.15) is 0 Å². The van der Waals surface area contributed by atoms with E-state index in [1.165, 1.54) is 0 Å². The zero-order valence-corrected chi connectivity index (χ0v) is 11.7. The van der Waals surface area contributed by atoms with Crippen LogP contribution in [0.15, 0.2) is 58.8 Å². The van der Waals surface area contributed by atoms with Crippen molar-refractivity contribution in [1.82, 2.24) is 9.88 Å². The lowest BCUT2D eigenvalue weighted by Crippen LogP contribution is -2.10. The molecular weight excluding hydrogens is 268 g/mol. The summed E-state index contributed by atoms with van der Waals surface area (Å²) in [7, 11) is 0. The third kappa shape index (κ3) is 4.38. The second kappa shape index (κ2) is 7.74. The Bertz CT molecular complexity index is 591. The molecule has 21 heavy (non-hydrogen) atoms. The number of nitrogens with zero attached hydrogens (tertiary/aromatic N) is 4. The van der Waals surface area contributed by atoms with Crippen LogP contribution in [0.1, 0.15) is 17.3 Å². The summed E-state index contributed by atoms with van der Waals surface area (Å²) in [6.07, 6.45) is 12.4. The molecule has 0 saturated heterocycles. The van der Waals surface area contributed by atoms with E-state index < -0.39 is 0 Å². The van der Waals surface area contributed by atoms with Gasteiger partial charge in [0.15, 0.2) is 5.82 Å². The van der Waals surface area contributed by atoms with Crippen molar-refractivity contribution < 1.29 is 9.53 Å². The Morgan fingerprint density at radius 3 is 2.95 bits per heavy atom. The Labute approximate surface area is 123 Å². The first-order valence-corrected chi connectivity index (χ1v) is 6.57. The van der Waals surface area contributed by atoms with Crippen LogP contribution in [0.4, 0.5) is 0 Å². The lowest BCUT2D eigenvalue weighted by Gasteiger charge is -2.09. The molecule has 0 aliphatic carbocycles. The van der Waals surface area contributed by atoms with Gasteiger partial charge in [0.05, 0.1) is 24.9 Å². The molecule has 0 saturated carbocycles. The van der Waals surface area contributed by atoms with Crippen molar-refractivity contribution in [2.24, 2.45) is 9.98 Å². The first-order chi connectivity index (χ1) is 10.3. The summed E-state index contributed by atoms with van der Waals surface area (Å²) in [4.78, 5) is 24.9. The van der Waals surface area contributed by atoms with Gasteiger partial charge in [-0.25, -0.2) is 9.79 Å². The summed E-state index contributed by atoms with van der Waals surface area (Å²) in [6.45, 7) is 3.05. The molecule has 0 N–H and O–H groups in total. The van der Waals surface area contributed by atoms with Crippen LogP contribution < -0.4 is 0 Å². The van der Waals surface area contributed by atoms with Crippen LogP contribution in [0.5, 0.6) is 0 Å². The molecular formula is C15H16N4O2. The number of fused-ring (bicyclic) bond motifs is 1. The van der Waals surface area contributed by atoms with Gasteiger partial charge in [0.1, 0.15) is 0 Å². The fourth-order valence-electron chi connectivity index (χ4n) is 1.64. The monoisotopic (exact) mass is 284 g/mol. The maximum atomic E-state index is 11.0. The molecule has 0 fully saturated rings. The van der Waals surface area contributed by atoms with Crippen molar-refractivity contribution in [2.45, 2.75) is 6.92 Å². The highest BCUT2D eigenvalue weighted by Crippen LogP contribution is 2.12. The summed E-state index contributed by atoms with van der Waals surface area (Å²) in [6, 6.07) is 3.25. The fourth-order valence-corrected chi connectivity index (χ4v) is 1.64. The van der Waals surface area contributed by atoms with Crippen LogP contribution in [-0.2, 0) is 4.74 Å². The number of allylic oxidation sites excluding steroid dienone is 1. The normalized spacial score (nSPS) is 14.7. The Balaban J connectivity index is 0.000000154. The van der Waals surface area contributed by atoms with Crippen molar-refractivity contribution in [3.8, 4) is 0 Å². The minimum absolute atomic E-state index is 0.296. The zero-order chi connectivity index (χ0) is 14.9. The summed E-state index contributed by atoms with van der Waals surface area (Å²) >= 11 is 0. The molecule has 0 atom stereocenters. The maximum Gasteiger partial charge on any atom is 0.338 e. The van der Waals surface area contributed by atoms with E-state index in [-0.39, 0.29) is 5.97 Å². The number of carbonyl (C=O) groups excluding carboxylic acids is 1. The third-order valence-electron chi connectivity index (χ3n) is 2.62. The Morgan fingerprint density at radius 2 is 2.19 bits per heavy atom. The molecule has 0 unspecified atom stereocenters. The van der Waals surface area contributed by atoms with Crippen LogP contribution in [0.25, 0.3) is 0 Å². The predicted octanol–water partition coefficient (Wildman–Crippen LogP) is 2.03. The average Bonchev–Trinajstić information content (AvgIpc) is 2.85. The number of esters is 1. The van der Waals surface area contributed by atoms with E-state index in [4.69, 9.17) is 4.74 Å². The van der Waals surface area contributed by atoms with Crippen molar-refractivity contribution in [2.75, 3.05) is 13.2 Å². The van der Waals surface area contributed by atoms with E-state index in [9.17, 15) is 4.79 Å². The molecule has 0 aromatic carbocycles. The SMILES string of the molecule is C1=CN2CC=NC2=CN=C1.CCOC(=O)c1ccncc1. The molecule has 1 aromatic heterocycles. The van der Waals surface area contributed by atoms with Crippen LogP contribution in [0.3, 0.4) is 0 Å². The molecule has 0 radical (unpaired) electrons. The Morgan fingerprint density at radius 1 is 1.38 bits per heavy atom. The van der Waals surface area contributed by atoms with E-state index in [0.717, 1.165) is 12.4 Å². The standard InChI is InChI=1S/C8H9NO2.C7H7N3/c1-2-11-8(10)7-3-5-9-6-4-7;1-2-8-6-7-9-3-5-10(7)4-1/h3-6H,2H2,1H3;1-4,6H,5H2. The maximum absolute atomic E-state index is 11.0. The van der Waals surface area contributed by atoms with Gasteiger partial charge >= 0.3 is 5.97 Å². The highest BCUT2D eigenvalue weighted by Gasteiger charge is 2.09. The number of ether oxygens (including phenoxy) is 1. The molecule has 2 aliphatic heterocycles. The van der Waals surface area contributed by atoms with Crippen molar-refractivity contribution in [3.05, 3.63) is 54.4 Å². The zero-order valence-electron chi connectivity index (χ0n) is 11.7. The number of hydrogen-bond donors (Lipinski definition) is 0. The molecule has 0 bridgehead atoms. The van der Waals surface area contributed by atoms with Gasteiger partial charge in [0, 0.05) is 31.0 Å². The fraction of sp³-hybridized carbons (Fsp3) is 0.200. The summed E-state index contributed by atoms with van der Waals surface area (Å²) in [5.74, 6) is 0.625. The molecule has 0 spiro atoms. The summed E-state index contributed by atoms with van der Waals surface area (Å²) in [5.41, 5.74) is 0.543. The number of rotatable bonds is 2. The molecule has 6 nitrogen and oxygen atoms in total. The number of carbonyl (C=O) groups is 1. The van der Waals surface area contributed by atoms with Gasteiger partial charge in [0.2, 0.25) is 0 Å². The third-order valence-corrected chi connectivity index (χ3v) is 2.62. The first-order valence-electron chi connectivity index (χ1n) is 6.57. The van der Waals surface area contributed by atoms with E-state index in [1.807, 2.05) is 23.4 Å².